The highest BCUT2D eigenvalue weighted by Gasteiger charge is 2.17. The molecule has 0 aliphatic heterocycles. The Labute approximate surface area is 147 Å². The van der Waals surface area contributed by atoms with Gasteiger partial charge in [-0.15, -0.1) is 0 Å². The molecule has 3 rings (SSSR count). The Kier molecular flexibility index (Phi) is 4.76. The number of pyridine rings is 1. The third kappa shape index (κ3) is 3.23. The van der Waals surface area contributed by atoms with E-state index in [1.54, 1.807) is 21.3 Å². The van der Waals surface area contributed by atoms with E-state index in [0.717, 1.165) is 33.5 Å². The number of hydrogen-bond donors (Lipinski definition) is 1. The van der Waals surface area contributed by atoms with Gasteiger partial charge in [-0.1, -0.05) is 12.1 Å². The number of nitrogens with two attached hydrogens (primary N) is 1. The molecule has 3 aromatic rings. The summed E-state index contributed by atoms with van der Waals surface area (Å²) in [5.74, 6) is 2.10. The summed E-state index contributed by atoms with van der Waals surface area (Å²) in [5, 5.41) is 1.96. The number of aromatic nitrogens is 1. The summed E-state index contributed by atoms with van der Waals surface area (Å²) in [6.45, 7) is 1.96. The van der Waals surface area contributed by atoms with Gasteiger partial charge in [-0.25, -0.2) is 0 Å². The van der Waals surface area contributed by atoms with Crippen molar-refractivity contribution in [3.63, 3.8) is 0 Å². The van der Waals surface area contributed by atoms with Gasteiger partial charge in [0.05, 0.1) is 33.1 Å². The minimum absolute atomic E-state index is 0.379. The summed E-state index contributed by atoms with van der Waals surface area (Å²) in [6.07, 6.45) is 0. The van der Waals surface area contributed by atoms with Gasteiger partial charge in [0.25, 0.3) is 0 Å². The summed E-state index contributed by atoms with van der Waals surface area (Å²) in [4.78, 5) is 4.70. The average Bonchev–Trinajstić information content (AvgIpc) is 2.65. The highest BCUT2D eigenvalue weighted by Crippen LogP contribution is 2.36. The van der Waals surface area contributed by atoms with Gasteiger partial charge >= 0.3 is 0 Å². The van der Waals surface area contributed by atoms with Gasteiger partial charge in [0.2, 0.25) is 0 Å². The number of ether oxygens (including phenoxy) is 3. The van der Waals surface area contributed by atoms with Crippen molar-refractivity contribution in [2.75, 3.05) is 21.3 Å². The van der Waals surface area contributed by atoms with Gasteiger partial charge in [0, 0.05) is 11.1 Å². The maximum absolute atomic E-state index is 6.55. The zero-order valence-electron chi connectivity index (χ0n) is 14.9. The van der Waals surface area contributed by atoms with Crippen LogP contribution < -0.4 is 19.9 Å². The van der Waals surface area contributed by atoms with Gasteiger partial charge < -0.3 is 19.9 Å². The van der Waals surface area contributed by atoms with Gasteiger partial charge in [-0.3, -0.25) is 4.98 Å². The Hall–Kier alpha value is -2.79. The molecule has 130 valence electrons. The maximum Gasteiger partial charge on any atom is 0.161 e. The number of nitrogens with zero attached hydrogens (tertiary/aromatic N) is 1. The molecule has 5 nitrogen and oxygen atoms in total. The van der Waals surface area contributed by atoms with E-state index in [4.69, 9.17) is 24.9 Å². The average molecular weight is 338 g/mol. The number of hydrogen-bond acceptors (Lipinski definition) is 5. The zero-order chi connectivity index (χ0) is 18.0. The SMILES string of the molecule is COc1cccc(C(N)c2nc(C)cc3cc(OC)c(OC)cc23)c1. The Morgan fingerprint density at radius 2 is 1.64 bits per heavy atom. The first-order chi connectivity index (χ1) is 12.1. The van der Waals surface area contributed by atoms with E-state index < -0.39 is 0 Å². The highest BCUT2D eigenvalue weighted by molar-refractivity contribution is 5.89. The van der Waals surface area contributed by atoms with Crippen molar-refractivity contribution < 1.29 is 14.2 Å². The molecular formula is C20H22N2O3. The molecule has 25 heavy (non-hydrogen) atoms. The molecule has 1 aromatic heterocycles. The smallest absolute Gasteiger partial charge is 0.161 e. The molecule has 0 fully saturated rings. The van der Waals surface area contributed by atoms with Gasteiger partial charge in [0.1, 0.15) is 5.75 Å². The molecule has 5 heteroatoms. The minimum Gasteiger partial charge on any atom is -0.497 e. The molecule has 1 heterocycles. The largest absolute Gasteiger partial charge is 0.497 e. The van der Waals surface area contributed by atoms with Crippen LogP contribution >= 0.6 is 0 Å². The summed E-state index contributed by atoms with van der Waals surface area (Å²) < 4.78 is 16.2. The van der Waals surface area contributed by atoms with Crippen LogP contribution in [-0.4, -0.2) is 26.3 Å². The molecule has 0 saturated heterocycles. The first kappa shape index (κ1) is 17.0. The lowest BCUT2D eigenvalue weighted by Gasteiger charge is -2.17. The lowest BCUT2D eigenvalue weighted by molar-refractivity contribution is 0.356. The van der Waals surface area contributed by atoms with Crippen LogP contribution in [0, 0.1) is 6.92 Å². The summed E-state index contributed by atoms with van der Waals surface area (Å²) >= 11 is 0. The van der Waals surface area contributed by atoms with Crippen molar-refractivity contribution in [1.29, 1.82) is 0 Å². The van der Waals surface area contributed by atoms with Crippen molar-refractivity contribution in [1.82, 2.24) is 4.98 Å². The van der Waals surface area contributed by atoms with E-state index >= 15 is 0 Å². The lowest BCUT2D eigenvalue weighted by atomic mass is 9.98. The van der Waals surface area contributed by atoms with Crippen molar-refractivity contribution in [3.8, 4) is 17.2 Å². The number of rotatable bonds is 5. The molecular weight excluding hydrogens is 316 g/mol. The molecule has 0 aliphatic rings. The van der Waals surface area contributed by atoms with Crippen LogP contribution in [0.15, 0.2) is 42.5 Å². The van der Waals surface area contributed by atoms with Crippen molar-refractivity contribution in [3.05, 3.63) is 59.4 Å². The molecule has 1 unspecified atom stereocenters. The number of benzene rings is 2. The molecule has 0 bridgehead atoms. The van der Waals surface area contributed by atoms with E-state index in [0.29, 0.717) is 11.5 Å². The highest BCUT2D eigenvalue weighted by atomic mass is 16.5. The summed E-state index contributed by atoms with van der Waals surface area (Å²) in [7, 11) is 4.88. The standard InChI is InChI=1S/C20H22N2O3/c1-12-8-14-10-17(24-3)18(25-4)11-16(14)20(22-12)19(21)13-6-5-7-15(9-13)23-2/h5-11,19H,21H2,1-4H3. The fraction of sp³-hybridized carbons (Fsp3) is 0.250. The number of aryl methyl sites for hydroxylation is 1. The van der Waals surface area contributed by atoms with Crippen LogP contribution in [0.3, 0.4) is 0 Å². The third-order valence-corrected chi connectivity index (χ3v) is 4.24. The minimum atomic E-state index is -0.379. The van der Waals surface area contributed by atoms with E-state index in [1.165, 1.54) is 0 Å². The quantitative estimate of drug-likeness (QED) is 0.770. The predicted molar refractivity (Wildman–Crippen MR) is 98.6 cm³/mol. The molecule has 2 N–H and O–H groups in total. The second-order valence-corrected chi connectivity index (χ2v) is 5.83. The summed E-state index contributed by atoms with van der Waals surface area (Å²) in [6, 6.07) is 13.2. The third-order valence-electron chi connectivity index (χ3n) is 4.24. The normalized spacial score (nSPS) is 12.0. The van der Waals surface area contributed by atoms with Crippen LogP contribution in [0.1, 0.15) is 23.0 Å². The lowest BCUT2D eigenvalue weighted by Crippen LogP contribution is -2.15. The topological polar surface area (TPSA) is 66.6 Å². The first-order valence-corrected chi connectivity index (χ1v) is 8.00. The second-order valence-electron chi connectivity index (χ2n) is 5.83. The summed E-state index contributed by atoms with van der Waals surface area (Å²) in [5.41, 5.74) is 9.18. The first-order valence-electron chi connectivity index (χ1n) is 8.00. The second kappa shape index (κ2) is 6.99. The van der Waals surface area contributed by atoms with Gasteiger partial charge in [-0.2, -0.15) is 0 Å². The van der Waals surface area contributed by atoms with E-state index in [1.807, 2.05) is 49.4 Å². The van der Waals surface area contributed by atoms with Gasteiger partial charge in [-0.05, 0) is 48.2 Å². The van der Waals surface area contributed by atoms with Crippen LogP contribution in [-0.2, 0) is 0 Å². The maximum atomic E-state index is 6.55. The molecule has 2 aromatic carbocycles. The Bertz CT molecular complexity index is 909. The Morgan fingerprint density at radius 3 is 2.32 bits per heavy atom. The monoisotopic (exact) mass is 338 g/mol. The van der Waals surface area contributed by atoms with E-state index in [-0.39, 0.29) is 6.04 Å². The van der Waals surface area contributed by atoms with Crippen LogP contribution in [0.5, 0.6) is 17.2 Å². The van der Waals surface area contributed by atoms with Gasteiger partial charge in [0.15, 0.2) is 11.5 Å². The Morgan fingerprint density at radius 1 is 0.920 bits per heavy atom. The Balaban J connectivity index is 2.20. The fourth-order valence-corrected chi connectivity index (χ4v) is 2.97. The molecule has 1 atom stereocenters. The molecule has 0 saturated carbocycles. The van der Waals surface area contributed by atoms with Crippen molar-refractivity contribution >= 4 is 10.8 Å². The fourth-order valence-electron chi connectivity index (χ4n) is 2.97. The number of fused-ring (bicyclic) bond motifs is 1. The van der Waals surface area contributed by atoms with Crippen molar-refractivity contribution in [2.45, 2.75) is 13.0 Å². The van der Waals surface area contributed by atoms with Crippen LogP contribution in [0.4, 0.5) is 0 Å². The van der Waals surface area contributed by atoms with Crippen molar-refractivity contribution in [2.24, 2.45) is 5.73 Å². The van der Waals surface area contributed by atoms with Crippen LogP contribution in [0.25, 0.3) is 10.8 Å². The molecule has 0 radical (unpaired) electrons. The predicted octanol–water partition coefficient (Wildman–Crippen LogP) is 3.62. The molecule has 0 aliphatic carbocycles. The van der Waals surface area contributed by atoms with E-state index in [2.05, 4.69) is 0 Å². The zero-order valence-corrected chi connectivity index (χ0v) is 14.9. The number of methoxy groups -OCH3 is 3. The molecule has 0 spiro atoms. The molecule has 0 amide bonds. The van der Waals surface area contributed by atoms with E-state index in [9.17, 15) is 0 Å². The van der Waals surface area contributed by atoms with Crippen LogP contribution in [0.2, 0.25) is 0 Å².